The van der Waals surface area contributed by atoms with Gasteiger partial charge in [0.25, 0.3) is 5.69 Å². The lowest BCUT2D eigenvalue weighted by molar-refractivity contribution is -0.899. The first kappa shape index (κ1) is 21.5. The standard InChI is InChI=1S/C21H28N4O3S/c1-3-23(4-2)13-17(26)14-24-19-11-6-5-10-18(19)21(29)22-20(24)15-8-7-9-16(12-15)25(27)28/h7-9,12,17,26H,3-6,10-11,13-14H2,1-2H3/p+1/t17-/m0/s1. The van der Waals surface area contributed by atoms with Crippen LogP contribution in [0.25, 0.3) is 11.4 Å². The Morgan fingerprint density at radius 1 is 1.31 bits per heavy atom. The lowest BCUT2D eigenvalue weighted by Crippen LogP contribution is -3.12. The van der Waals surface area contributed by atoms with Gasteiger partial charge in [-0.1, -0.05) is 24.4 Å². The average molecular weight is 418 g/mol. The van der Waals surface area contributed by atoms with Gasteiger partial charge in [0.05, 0.1) is 24.6 Å². The highest BCUT2D eigenvalue weighted by atomic mass is 32.1. The van der Waals surface area contributed by atoms with Gasteiger partial charge in [0.15, 0.2) is 0 Å². The van der Waals surface area contributed by atoms with Crippen LogP contribution in [0.5, 0.6) is 0 Å². The van der Waals surface area contributed by atoms with Gasteiger partial charge in [-0.2, -0.15) is 0 Å². The van der Waals surface area contributed by atoms with Crippen LogP contribution in [-0.4, -0.2) is 45.3 Å². The second-order valence-electron chi connectivity index (χ2n) is 7.61. The van der Waals surface area contributed by atoms with Gasteiger partial charge in [0.1, 0.15) is 23.1 Å². The van der Waals surface area contributed by atoms with Gasteiger partial charge in [-0.25, -0.2) is 4.98 Å². The molecule has 0 saturated carbocycles. The fourth-order valence-corrected chi connectivity index (χ4v) is 4.40. The number of likely N-dealkylation sites (N-methyl/N-ethyl adjacent to an activating group) is 1. The minimum atomic E-state index is -0.531. The van der Waals surface area contributed by atoms with Gasteiger partial charge >= 0.3 is 0 Å². The first-order valence-electron chi connectivity index (χ1n) is 10.3. The normalized spacial score (nSPS) is 14.6. The van der Waals surface area contributed by atoms with Crippen LogP contribution in [0.15, 0.2) is 24.3 Å². The molecule has 1 aromatic heterocycles. The quantitative estimate of drug-likeness (QED) is 0.391. The van der Waals surface area contributed by atoms with E-state index in [2.05, 4.69) is 23.4 Å². The Morgan fingerprint density at radius 3 is 2.72 bits per heavy atom. The first-order chi connectivity index (χ1) is 13.9. The summed E-state index contributed by atoms with van der Waals surface area (Å²) in [5.41, 5.74) is 2.88. The Morgan fingerprint density at radius 2 is 2.03 bits per heavy atom. The molecule has 2 N–H and O–H groups in total. The van der Waals surface area contributed by atoms with Crippen LogP contribution in [0, 0.1) is 14.8 Å². The summed E-state index contributed by atoms with van der Waals surface area (Å²) in [4.78, 5) is 16.8. The topological polar surface area (TPSA) is 85.6 Å². The molecule has 0 unspecified atom stereocenters. The van der Waals surface area contributed by atoms with Crippen molar-refractivity contribution < 1.29 is 14.9 Å². The molecule has 0 spiro atoms. The van der Waals surface area contributed by atoms with Crippen LogP contribution in [0.3, 0.4) is 0 Å². The summed E-state index contributed by atoms with van der Waals surface area (Å²) in [7, 11) is 0. The van der Waals surface area contributed by atoms with E-state index >= 15 is 0 Å². The molecule has 1 heterocycles. The Hall–Kier alpha value is -2.16. The maximum atomic E-state index is 11.2. The van der Waals surface area contributed by atoms with Crippen molar-refractivity contribution in [3.05, 3.63) is 50.3 Å². The van der Waals surface area contributed by atoms with E-state index in [1.807, 2.05) is 6.07 Å². The smallest absolute Gasteiger partial charge is 0.270 e. The number of rotatable bonds is 8. The zero-order valence-electron chi connectivity index (χ0n) is 17.1. The van der Waals surface area contributed by atoms with Crippen molar-refractivity contribution in [3.63, 3.8) is 0 Å². The Bertz CT molecular complexity index is 940. The molecule has 156 valence electrons. The highest BCUT2D eigenvalue weighted by Crippen LogP contribution is 2.29. The monoisotopic (exact) mass is 417 g/mol. The van der Waals surface area contributed by atoms with Gasteiger partial charge in [0.2, 0.25) is 0 Å². The van der Waals surface area contributed by atoms with E-state index in [9.17, 15) is 15.2 Å². The maximum absolute atomic E-state index is 11.2. The van der Waals surface area contributed by atoms with Crippen molar-refractivity contribution in [1.29, 1.82) is 0 Å². The van der Waals surface area contributed by atoms with E-state index in [1.54, 1.807) is 6.07 Å². The van der Waals surface area contributed by atoms with Crippen molar-refractivity contribution in [2.24, 2.45) is 0 Å². The molecule has 0 amide bonds. The largest absolute Gasteiger partial charge is 0.385 e. The molecular weight excluding hydrogens is 388 g/mol. The number of nitro groups is 1. The van der Waals surface area contributed by atoms with Crippen molar-refractivity contribution in [2.75, 3.05) is 19.6 Å². The van der Waals surface area contributed by atoms with E-state index < -0.39 is 11.0 Å². The number of nitrogens with one attached hydrogen (secondary N) is 1. The Balaban J connectivity index is 2.08. The van der Waals surface area contributed by atoms with Crippen LogP contribution in [-0.2, 0) is 19.4 Å². The van der Waals surface area contributed by atoms with Crippen LogP contribution in [0.1, 0.15) is 37.9 Å². The number of nitrogens with zero attached hydrogens (tertiary/aromatic N) is 3. The molecule has 29 heavy (non-hydrogen) atoms. The minimum Gasteiger partial charge on any atom is -0.385 e. The second kappa shape index (κ2) is 9.56. The minimum absolute atomic E-state index is 0.0209. The van der Waals surface area contributed by atoms with Gasteiger partial charge in [-0.05, 0) is 39.5 Å². The molecule has 0 radical (unpaired) electrons. The third kappa shape index (κ3) is 4.88. The summed E-state index contributed by atoms with van der Waals surface area (Å²) in [6.07, 6.45) is 3.40. The number of fused-ring (bicyclic) bond motifs is 1. The molecule has 0 fully saturated rings. The highest BCUT2D eigenvalue weighted by Gasteiger charge is 2.23. The summed E-state index contributed by atoms with van der Waals surface area (Å²) < 4.78 is 2.62. The number of non-ortho nitro benzene ring substituents is 1. The molecule has 0 bridgehead atoms. The van der Waals surface area contributed by atoms with Crippen LogP contribution in [0.2, 0.25) is 0 Å². The van der Waals surface area contributed by atoms with Crippen LogP contribution < -0.4 is 4.90 Å². The fraction of sp³-hybridized carbons (Fsp3) is 0.524. The van der Waals surface area contributed by atoms with Crippen molar-refractivity contribution in [3.8, 4) is 11.4 Å². The summed E-state index contributed by atoms with van der Waals surface area (Å²) >= 11 is 5.57. The zero-order chi connectivity index (χ0) is 21.0. The van der Waals surface area contributed by atoms with Crippen molar-refractivity contribution >= 4 is 17.9 Å². The second-order valence-corrected chi connectivity index (χ2v) is 7.99. The number of aromatic nitrogens is 2. The zero-order valence-corrected chi connectivity index (χ0v) is 17.9. The molecular formula is C21H29N4O3S+. The molecule has 7 nitrogen and oxygen atoms in total. The van der Waals surface area contributed by atoms with Gasteiger partial charge in [0, 0.05) is 29.0 Å². The van der Waals surface area contributed by atoms with Gasteiger partial charge in [-0.15, -0.1) is 0 Å². The van der Waals surface area contributed by atoms with E-state index in [1.165, 1.54) is 17.0 Å². The summed E-state index contributed by atoms with van der Waals surface area (Å²) in [6, 6.07) is 6.49. The molecule has 1 atom stereocenters. The molecule has 8 heteroatoms. The third-order valence-corrected chi connectivity index (χ3v) is 6.06. The highest BCUT2D eigenvalue weighted by molar-refractivity contribution is 7.71. The van der Waals surface area contributed by atoms with Crippen molar-refractivity contribution in [1.82, 2.24) is 9.55 Å². The Kier molecular flexibility index (Phi) is 7.10. The number of quaternary nitrogens is 1. The Labute approximate surface area is 176 Å². The van der Waals surface area contributed by atoms with Crippen molar-refractivity contribution in [2.45, 2.75) is 52.2 Å². The molecule has 3 rings (SSSR count). The number of benzene rings is 1. The number of nitro benzene ring substituents is 1. The van der Waals surface area contributed by atoms with Crippen LogP contribution in [0.4, 0.5) is 5.69 Å². The number of hydrogen-bond donors (Lipinski definition) is 2. The molecule has 1 aliphatic carbocycles. The van der Waals surface area contributed by atoms with E-state index in [0.29, 0.717) is 29.1 Å². The van der Waals surface area contributed by atoms with Gasteiger partial charge in [-0.3, -0.25) is 10.1 Å². The summed E-state index contributed by atoms with van der Waals surface area (Å²) in [5.74, 6) is 0.605. The lowest BCUT2D eigenvalue weighted by atomic mass is 9.96. The van der Waals surface area contributed by atoms with E-state index in [0.717, 1.165) is 50.0 Å². The summed E-state index contributed by atoms with van der Waals surface area (Å²) in [6.45, 7) is 7.20. The predicted octanol–water partition coefficient (Wildman–Crippen LogP) is 2.35. The van der Waals surface area contributed by atoms with E-state index in [4.69, 9.17) is 12.2 Å². The lowest BCUT2D eigenvalue weighted by Gasteiger charge is -2.27. The third-order valence-electron chi connectivity index (χ3n) is 5.72. The molecule has 1 aromatic carbocycles. The molecule has 2 aromatic rings. The number of aliphatic hydroxyl groups excluding tert-OH is 1. The average Bonchev–Trinajstić information content (AvgIpc) is 2.74. The fourth-order valence-electron chi connectivity index (χ4n) is 4.09. The first-order valence-corrected chi connectivity index (χ1v) is 10.7. The van der Waals surface area contributed by atoms with Gasteiger partial charge < -0.3 is 14.6 Å². The maximum Gasteiger partial charge on any atom is 0.270 e. The number of hydrogen-bond acceptors (Lipinski definition) is 5. The molecule has 0 aliphatic heterocycles. The molecule has 1 aliphatic rings. The molecule has 0 saturated heterocycles. The summed E-state index contributed by atoms with van der Waals surface area (Å²) in [5, 5.41) is 22.1. The SMILES string of the molecule is CC[NH+](CC)C[C@H](O)Cn1c(-c2cccc([N+](=O)[O-])c2)nc(=S)c2c1CCCC2. The van der Waals surface area contributed by atoms with Crippen LogP contribution >= 0.6 is 12.2 Å². The predicted molar refractivity (Wildman–Crippen MR) is 115 cm³/mol. The number of aliphatic hydroxyl groups is 1. The van der Waals surface area contributed by atoms with E-state index in [-0.39, 0.29) is 5.69 Å².